The second-order valence-corrected chi connectivity index (χ2v) is 5.37. The third-order valence-electron chi connectivity index (χ3n) is 3.83. The average molecular weight is 280 g/mol. The molecule has 0 unspecified atom stereocenters. The van der Waals surface area contributed by atoms with Crippen molar-refractivity contribution in [3.63, 3.8) is 0 Å². The smallest absolute Gasteiger partial charge is 0.240 e. The molecule has 1 amide bonds. The number of aromatic nitrogens is 2. The van der Waals surface area contributed by atoms with Crippen LogP contribution in [0.4, 0.5) is 0 Å². The van der Waals surface area contributed by atoms with Gasteiger partial charge in [-0.3, -0.25) is 9.69 Å². The minimum atomic E-state index is 0.152. The highest BCUT2D eigenvalue weighted by atomic mass is 16.5. The number of carbonyl (C=O) groups is 1. The number of hydrogen-bond donors (Lipinski definition) is 1. The lowest BCUT2D eigenvalue weighted by molar-refractivity contribution is -0.125. The second kappa shape index (κ2) is 7.38. The minimum Gasteiger partial charge on any atom is -0.359 e. The van der Waals surface area contributed by atoms with E-state index in [0.29, 0.717) is 12.4 Å². The van der Waals surface area contributed by atoms with Crippen molar-refractivity contribution in [1.29, 1.82) is 0 Å². The standard InChI is InChI=1S/C14H24N4O2/c1-3-4-5-12-16-13(20-17-12)10-18-8-6-11(7-9-18)14(19)15-2/h11H,3-10H2,1-2H3,(H,15,19). The SMILES string of the molecule is CCCCc1noc(CN2CCC(C(=O)NC)CC2)n1. The van der Waals surface area contributed by atoms with Crippen LogP contribution in [0.3, 0.4) is 0 Å². The number of nitrogens with one attached hydrogen (secondary N) is 1. The summed E-state index contributed by atoms with van der Waals surface area (Å²) in [6.45, 7) is 4.66. The fraction of sp³-hybridized carbons (Fsp3) is 0.786. The predicted octanol–water partition coefficient (Wildman–Crippen LogP) is 1.37. The molecule has 1 N–H and O–H groups in total. The quantitative estimate of drug-likeness (QED) is 0.852. The molecule has 2 heterocycles. The van der Waals surface area contributed by atoms with Gasteiger partial charge in [-0.05, 0) is 32.4 Å². The van der Waals surface area contributed by atoms with E-state index in [1.54, 1.807) is 7.05 Å². The molecule has 1 saturated heterocycles. The first kappa shape index (κ1) is 15.0. The highest BCUT2D eigenvalue weighted by Crippen LogP contribution is 2.18. The number of rotatable bonds is 6. The van der Waals surface area contributed by atoms with Gasteiger partial charge in [-0.2, -0.15) is 4.98 Å². The third kappa shape index (κ3) is 4.03. The summed E-state index contributed by atoms with van der Waals surface area (Å²) in [7, 11) is 1.70. The summed E-state index contributed by atoms with van der Waals surface area (Å²) in [6.07, 6.45) is 4.92. The first-order valence-corrected chi connectivity index (χ1v) is 7.48. The molecule has 20 heavy (non-hydrogen) atoms. The maximum Gasteiger partial charge on any atom is 0.240 e. The number of aryl methyl sites for hydroxylation is 1. The Morgan fingerprint density at radius 2 is 2.20 bits per heavy atom. The molecule has 1 aromatic heterocycles. The number of piperidine rings is 1. The van der Waals surface area contributed by atoms with E-state index in [4.69, 9.17) is 4.52 Å². The Morgan fingerprint density at radius 3 is 2.85 bits per heavy atom. The monoisotopic (exact) mass is 280 g/mol. The van der Waals surface area contributed by atoms with Gasteiger partial charge in [0, 0.05) is 19.4 Å². The van der Waals surface area contributed by atoms with Gasteiger partial charge in [0.2, 0.25) is 11.8 Å². The van der Waals surface area contributed by atoms with Gasteiger partial charge in [0.05, 0.1) is 6.54 Å². The van der Waals surface area contributed by atoms with Crippen LogP contribution in [0.5, 0.6) is 0 Å². The first-order valence-electron chi connectivity index (χ1n) is 7.48. The van der Waals surface area contributed by atoms with Gasteiger partial charge in [-0.1, -0.05) is 18.5 Å². The average Bonchev–Trinajstić information content (AvgIpc) is 2.92. The summed E-state index contributed by atoms with van der Waals surface area (Å²) in [4.78, 5) is 18.3. The molecule has 6 nitrogen and oxygen atoms in total. The van der Waals surface area contributed by atoms with Gasteiger partial charge in [0.15, 0.2) is 5.82 Å². The first-order chi connectivity index (χ1) is 9.72. The highest BCUT2D eigenvalue weighted by Gasteiger charge is 2.25. The topological polar surface area (TPSA) is 71.3 Å². The Kier molecular flexibility index (Phi) is 5.52. The number of nitrogens with zero attached hydrogens (tertiary/aromatic N) is 3. The van der Waals surface area contributed by atoms with E-state index >= 15 is 0 Å². The van der Waals surface area contributed by atoms with Crippen molar-refractivity contribution in [3.05, 3.63) is 11.7 Å². The number of carbonyl (C=O) groups excluding carboxylic acids is 1. The van der Waals surface area contributed by atoms with Gasteiger partial charge in [-0.25, -0.2) is 0 Å². The van der Waals surface area contributed by atoms with Crippen LogP contribution < -0.4 is 5.32 Å². The zero-order valence-electron chi connectivity index (χ0n) is 12.4. The largest absolute Gasteiger partial charge is 0.359 e. The Bertz CT molecular complexity index is 425. The van der Waals surface area contributed by atoms with Crippen molar-refractivity contribution in [2.24, 2.45) is 5.92 Å². The van der Waals surface area contributed by atoms with Crippen molar-refractivity contribution in [2.45, 2.75) is 45.6 Å². The van der Waals surface area contributed by atoms with E-state index in [1.807, 2.05) is 0 Å². The van der Waals surface area contributed by atoms with E-state index in [-0.39, 0.29) is 11.8 Å². The van der Waals surface area contributed by atoms with Gasteiger partial charge in [0.1, 0.15) is 0 Å². The van der Waals surface area contributed by atoms with E-state index in [2.05, 4.69) is 27.3 Å². The molecular weight excluding hydrogens is 256 g/mol. The lowest BCUT2D eigenvalue weighted by atomic mass is 9.96. The third-order valence-corrected chi connectivity index (χ3v) is 3.83. The molecule has 6 heteroatoms. The molecule has 1 aliphatic rings. The Hall–Kier alpha value is -1.43. The fourth-order valence-corrected chi connectivity index (χ4v) is 2.54. The Balaban J connectivity index is 1.77. The molecule has 1 aliphatic heterocycles. The molecule has 0 spiro atoms. The van der Waals surface area contributed by atoms with E-state index in [9.17, 15) is 4.79 Å². The predicted molar refractivity (Wildman–Crippen MR) is 75.0 cm³/mol. The number of unbranched alkanes of at least 4 members (excludes halogenated alkanes) is 1. The molecule has 0 atom stereocenters. The molecule has 1 fully saturated rings. The molecule has 0 aliphatic carbocycles. The van der Waals surface area contributed by atoms with E-state index < -0.39 is 0 Å². The number of amides is 1. The summed E-state index contributed by atoms with van der Waals surface area (Å²) >= 11 is 0. The van der Waals surface area contributed by atoms with Crippen LogP contribution >= 0.6 is 0 Å². The van der Waals surface area contributed by atoms with Gasteiger partial charge in [-0.15, -0.1) is 0 Å². The molecule has 1 aromatic rings. The highest BCUT2D eigenvalue weighted by molar-refractivity contribution is 5.78. The van der Waals surface area contributed by atoms with E-state index in [1.165, 1.54) is 0 Å². The van der Waals surface area contributed by atoms with Crippen molar-refractivity contribution >= 4 is 5.91 Å². The molecule has 112 valence electrons. The van der Waals surface area contributed by atoms with Crippen molar-refractivity contribution in [1.82, 2.24) is 20.4 Å². The zero-order valence-corrected chi connectivity index (χ0v) is 12.4. The van der Waals surface area contributed by atoms with Gasteiger partial charge < -0.3 is 9.84 Å². The van der Waals surface area contributed by atoms with Gasteiger partial charge >= 0.3 is 0 Å². The minimum absolute atomic E-state index is 0.152. The molecule has 0 radical (unpaired) electrons. The number of likely N-dealkylation sites (tertiary alicyclic amines) is 1. The van der Waals surface area contributed by atoms with Crippen LogP contribution in [0.1, 0.15) is 44.3 Å². The Labute approximate surface area is 119 Å². The van der Waals surface area contributed by atoms with Crippen LogP contribution in [0.15, 0.2) is 4.52 Å². The lowest BCUT2D eigenvalue weighted by Crippen LogP contribution is -2.39. The molecule has 0 aromatic carbocycles. The summed E-state index contributed by atoms with van der Waals surface area (Å²) in [5, 5.41) is 6.72. The van der Waals surface area contributed by atoms with Crippen LogP contribution in [0.2, 0.25) is 0 Å². The summed E-state index contributed by atoms with van der Waals surface area (Å²) in [6, 6.07) is 0. The second-order valence-electron chi connectivity index (χ2n) is 5.37. The van der Waals surface area contributed by atoms with Crippen molar-refractivity contribution in [3.8, 4) is 0 Å². The van der Waals surface area contributed by atoms with Crippen LogP contribution in [-0.2, 0) is 17.8 Å². The van der Waals surface area contributed by atoms with Crippen LogP contribution in [0, 0.1) is 5.92 Å². The Morgan fingerprint density at radius 1 is 1.45 bits per heavy atom. The van der Waals surface area contributed by atoms with Crippen molar-refractivity contribution < 1.29 is 9.32 Å². The summed E-state index contributed by atoms with van der Waals surface area (Å²) < 4.78 is 5.28. The molecule has 0 bridgehead atoms. The summed E-state index contributed by atoms with van der Waals surface area (Å²) in [5.74, 6) is 1.81. The molecule has 2 rings (SSSR count). The zero-order chi connectivity index (χ0) is 14.4. The van der Waals surface area contributed by atoms with Crippen molar-refractivity contribution in [2.75, 3.05) is 20.1 Å². The maximum absolute atomic E-state index is 11.6. The summed E-state index contributed by atoms with van der Waals surface area (Å²) in [5.41, 5.74) is 0. The number of hydrogen-bond acceptors (Lipinski definition) is 5. The van der Waals surface area contributed by atoms with Gasteiger partial charge in [0.25, 0.3) is 0 Å². The lowest BCUT2D eigenvalue weighted by Gasteiger charge is -2.29. The normalized spacial score (nSPS) is 17.3. The maximum atomic E-state index is 11.6. The molecular formula is C14H24N4O2. The van der Waals surface area contributed by atoms with Crippen LogP contribution in [-0.4, -0.2) is 41.1 Å². The molecule has 0 saturated carbocycles. The van der Waals surface area contributed by atoms with E-state index in [0.717, 1.165) is 51.0 Å². The van der Waals surface area contributed by atoms with Crippen LogP contribution in [0.25, 0.3) is 0 Å². The fourth-order valence-electron chi connectivity index (χ4n) is 2.54.